The van der Waals surface area contributed by atoms with Gasteiger partial charge in [0.25, 0.3) is 0 Å². The number of thiazole rings is 1. The van der Waals surface area contributed by atoms with Gasteiger partial charge < -0.3 is 10.6 Å². The summed E-state index contributed by atoms with van der Waals surface area (Å²) in [7, 11) is 0. The molecule has 174 valence electrons. The first-order chi connectivity index (χ1) is 15.2. The first-order valence-electron chi connectivity index (χ1n) is 11.3. The summed E-state index contributed by atoms with van der Waals surface area (Å²) in [5, 5.41) is 8.54. The summed E-state index contributed by atoms with van der Waals surface area (Å²) in [5.41, 5.74) is 5.68. The van der Waals surface area contributed by atoms with E-state index in [0.717, 1.165) is 37.4 Å². The van der Waals surface area contributed by atoms with Gasteiger partial charge in [-0.25, -0.2) is 4.98 Å². The molecule has 32 heavy (non-hydrogen) atoms. The Hall–Kier alpha value is -2.29. The molecule has 0 spiro atoms. The monoisotopic (exact) mass is 457 g/mol. The number of hydrogen-bond acceptors (Lipinski definition) is 6. The van der Waals surface area contributed by atoms with Gasteiger partial charge in [0.05, 0.1) is 18.8 Å². The fourth-order valence-corrected chi connectivity index (χ4v) is 4.79. The van der Waals surface area contributed by atoms with Gasteiger partial charge in [-0.3, -0.25) is 19.4 Å². The van der Waals surface area contributed by atoms with Crippen molar-refractivity contribution >= 4 is 28.3 Å². The van der Waals surface area contributed by atoms with E-state index in [1.54, 1.807) is 0 Å². The smallest absolute Gasteiger partial charge is 0.240 e. The predicted molar refractivity (Wildman–Crippen MR) is 131 cm³/mol. The molecule has 1 aliphatic rings. The minimum atomic E-state index is -0.0497. The van der Waals surface area contributed by atoms with Crippen LogP contribution >= 0.6 is 11.3 Å². The highest BCUT2D eigenvalue weighted by atomic mass is 32.1. The molecule has 1 aliphatic heterocycles. The number of rotatable bonds is 8. The van der Waals surface area contributed by atoms with Crippen LogP contribution in [0.1, 0.15) is 30.5 Å². The van der Waals surface area contributed by atoms with Crippen LogP contribution in [-0.2, 0) is 9.59 Å². The Morgan fingerprint density at radius 1 is 1.00 bits per heavy atom. The molecule has 1 fully saturated rings. The second-order valence-corrected chi connectivity index (χ2v) is 9.97. The Morgan fingerprint density at radius 2 is 1.56 bits per heavy atom. The van der Waals surface area contributed by atoms with E-state index in [-0.39, 0.29) is 11.8 Å². The number of amides is 2. The van der Waals surface area contributed by atoms with Gasteiger partial charge in [-0.15, -0.1) is 11.3 Å². The number of anilines is 1. The van der Waals surface area contributed by atoms with E-state index in [9.17, 15) is 9.59 Å². The Balaban J connectivity index is 1.46. The number of hydrogen-bond donors (Lipinski definition) is 2. The molecule has 0 bridgehead atoms. The number of carbonyl (C=O) groups excluding carboxylic acids is 2. The number of carbonyl (C=O) groups is 2. The molecule has 2 N–H and O–H groups in total. The molecular weight excluding hydrogens is 422 g/mol. The van der Waals surface area contributed by atoms with Crippen LogP contribution in [0.3, 0.4) is 0 Å². The maximum atomic E-state index is 12.5. The highest BCUT2D eigenvalue weighted by Gasteiger charge is 2.21. The number of piperazine rings is 1. The lowest BCUT2D eigenvalue weighted by Crippen LogP contribution is -2.51. The zero-order valence-electron chi connectivity index (χ0n) is 19.8. The van der Waals surface area contributed by atoms with Crippen molar-refractivity contribution in [2.75, 3.05) is 51.1 Å². The molecule has 1 aromatic heterocycles. The Bertz CT molecular complexity index is 925. The van der Waals surface area contributed by atoms with Crippen molar-refractivity contribution in [3.05, 3.63) is 34.2 Å². The number of nitrogens with one attached hydrogen (secondary N) is 2. The molecule has 3 rings (SSSR count). The summed E-state index contributed by atoms with van der Waals surface area (Å²) < 4.78 is 0. The van der Waals surface area contributed by atoms with Crippen molar-refractivity contribution in [1.82, 2.24) is 20.1 Å². The number of aromatic nitrogens is 1. The fourth-order valence-electron chi connectivity index (χ4n) is 4.07. The molecule has 2 amide bonds. The van der Waals surface area contributed by atoms with Crippen molar-refractivity contribution in [2.45, 2.75) is 34.6 Å². The van der Waals surface area contributed by atoms with Crippen LogP contribution in [0.15, 0.2) is 17.5 Å². The van der Waals surface area contributed by atoms with Crippen LogP contribution in [0.25, 0.3) is 11.3 Å². The van der Waals surface area contributed by atoms with Gasteiger partial charge in [-0.05, 0) is 37.8 Å². The van der Waals surface area contributed by atoms with Crippen molar-refractivity contribution in [3.8, 4) is 11.3 Å². The second-order valence-electron chi connectivity index (χ2n) is 9.11. The third-order valence-electron chi connectivity index (χ3n) is 5.59. The van der Waals surface area contributed by atoms with E-state index < -0.39 is 0 Å². The molecule has 0 saturated carbocycles. The average Bonchev–Trinajstić information content (AvgIpc) is 3.14. The van der Waals surface area contributed by atoms with E-state index in [0.29, 0.717) is 30.7 Å². The third-order valence-corrected chi connectivity index (χ3v) is 6.35. The quantitative estimate of drug-likeness (QED) is 0.637. The molecular formula is C24H35N5O2S. The van der Waals surface area contributed by atoms with Crippen LogP contribution in [0, 0.1) is 26.7 Å². The lowest BCUT2D eigenvalue weighted by Gasteiger charge is -2.33. The van der Waals surface area contributed by atoms with E-state index >= 15 is 0 Å². The molecule has 2 aromatic rings. The van der Waals surface area contributed by atoms with E-state index in [2.05, 4.69) is 72.2 Å². The zero-order valence-corrected chi connectivity index (χ0v) is 20.6. The fraction of sp³-hybridized carbons (Fsp3) is 0.542. The standard InChI is InChI=1S/C24H35N5O2S/c1-16(2)12-25-21(30)13-28-6-8-29(9-7-28)14-22(31)27-24-26-20(15-32-24)23-18(4)10-17(3)11-19(23)5/h10-11,15-16H,6-9,12-14H2,1-5H3,(H,25,30)(H,26,27,31). The molecule has 0 atom stereocenters. The highest BCUT2D eigenvalue weighted by molar-refractivity contribution is 7.14. The normalized spacial score (nSPS) is 15.2. The van der Waals surface area contributed by atoms with Gasteiger partial charge in [-0.1, -0.05) is 31.5 Å². The molecule has 0 aliphatic carbocycles. The van der Waals surface area contributed by atoms with Crippen LogP contribution in [0.2, 0.25) is 0 Å². The molecule has 1 aromatic carbocycles. The minimum absolute atomic E-state index is 0.0497. The molecule has 8 heteroatoms. The van der Waals surface area contributed by atoms with Crippen LogP contribution in [0.5, 0.6) is 0 Å². The molecule has 7 nitrogen and oxygen atoms in total. The van der Waals surface area contributed by atoms with E-state index in [4.69, 9.17) is 0 Å². The Kier molecular flexibility index (Phi) is 8.39. The van der Waals surface area contributed by atoms with Gasteiger partial charge in [0, 0.05) is 43.7 Å². The number of nitrogens with zero attached hydrogens (tertiary/aromatic N) is 3. The van der Waals surface area contributed by atoms with Gasteiger partial charge in [-0.2, -0.15) is 0 Å². The third kappa shape index (κ3) is 6.85. The Labute approximate surface area is 195 Å². The van der Waals surface area contributed by atoms with E-state index in [1.165, 1.54) is 28.0 Å². The first kappa shape index (κ1) is 24.4. The van der Waals surface area contributed by atoms with Crippen LogP contribution in [0.4, 0.5) is 5.13 Å². The summed E-state index contributed by atoms with van der Waals surface area (Å²) in [5.74, 6) is 0.475. The van der Waals surface area contributed by atoms with Crippen molar-refractivity contribution in [2.24, 2.45) is 5.92 Å². The van der Waals surface area contributed by atoms with Gasteiger partial charge in [0.15, 0.2) is 5.13 Å². The maximum absolute atomic E-state index is 12.5. The Morgan fingerprint density at radius 3 is 2.12 bits per heavy atom. The highest BCUT2D eigenvalue weighted by Crippen LogP contribution is 2.31. The SMILES string of the molecule is Cc1cc(C)c(-c2csc(NC(=O)CN3CCN(CC(=O)NCC(C)C)CC3)n2)c(C)c1. The second kappa shape index (κ2) is 11.0. The van der Waals surface area contributed by atoms with Gasteiger partial charge in [0.1, 0.15) is 0 Å². The molecule has 0 unspecified atom stereocenters. The largest absolute Gasteiger partial charge is 0.355 e. The molecule has 0 radical (unpaired) electrons. The van der Waals surface area contributed by atoms with E-state index in [1.807, 2.05) is 5.38 Å². The summed E-state index contributed by atoms with van der Waals surface area (Å²) in [6.45, 7) is 15.1. The van der Waals surface area contributed by atoms with Crippen molar-refractivity contribution in [1.29, 1.82) is 0 Å². The summed E-state index contributed by atoms with van der Waals surface area (Å²) >= 11 is 1.46. The maximum Gasteiger partial charge on any atom is 0.240 e. The number of aryl methyl sites for hydroxylation is 3. The van der Waals surface area contributed by atoms with Crippen LogP contribution in [-0.4, -0.2) is 72.4 Å². The van der Waals surface area contributed by atoms with Crippen molar-refractivity contribution in [3.63, 3.8) is 0 Å². The summed E-state index contributed by atoms with van der Waals surface area (Å²) in [6, 6.07) is 4.32. The lowest BCUT2D eigenvalue weighted by atomic mass is 9.98. The topological polar surface area (TPSA) is 77.6 Å². The number of benzene rings is 1. The predicted octanol–water partition coefficient (Wildman–Crippen LogP) is 3.06. The summed E-state index contributed by atoms with van der Waals surface area (Å²) in [4.78, 5) is 33.5. The van der Waals surface area contributed by atoms with Gasteiger partial charge >= 0.3 is 0 Å². The average molecular weight is 458 g/mol. The summed E-state index contributed by atoms with van der Waals surface area (Å²) in [6.07, 6.45) is 0. The van der Waals surface area contributed by atoms with Crippen molar-refractivity contribution < 1.29 is 9.59 Å². The lowest BCUT2D eigenvalue weighted by molar-refractivity contribution is -0.123. The zero-order chi connectivity index (χ0) is 23.3. The van der Waals surface area contributed by atoms with Crippen LogP contribution < -0.4 is 10.6 Å². The molecule has 1 saturated heterocycles. The first-order valence-corrected chi connectivity index (χ1v) is 12.1. The molecule has 2 heterocycles. The van der Waals surface area contributed by atoms with Gasteiger partial charge in [0.2, 0.25) is 11.8 Å². The minimum Gasteiger partial charge on any atom is -0.355 e.